The number of nitrogens with one attached hydrogen (secondary N) is 1. The van der Waals surface area contributed by atoms with Crippen molar-refractivity contribution in [2.24, 2.45) is 0 Å². The minimum atomic E-state index is -3.19. The van der Waals surface area contributed by atoms with Gasteiger partial charge in [0.05, 0.1) is 11.5 Å². The zero-order valence-electron chi connectivity index (χ0n) is 15.7. The number of aliphatic hydroxyl groups is 1. The molecule has 2 aromatic carbocycles. The van der Waals surface area contributed by atoms with Crippen molar-refractivity contribution in [1.29, 1.82) is 0 Å². The number of carbonyl (C=O) groups excluding carboxylic acids is 2. The van der Waals surface area contributed by atoms with Gasteiger partial charge in [-0.3, -0.25) is 9.59 Å². The van der Waals surface area contributed by atoms with Crippen LogP contribution in [0.2, 0.25) is 5.02 Å². The summed E-state index contributed by atoms with van der Waals surface area (Å²) < 4.78 is 37.0. The summed E-state index contributed by atoms with van der Waals surface area (Å²) >= 11 is 5.79. The summed E-state index contributed by atoms with van der Waals surface area (Å²) in [7, 11) is -3.19. The van der Waals surface area contributed by atoms with E-state index in [9.17, 15) is 27.5 Å². The molecule has 4 rings (SSSR count). The van der Waals surface area contributed by atoms with E-state index in [2.05, 4.69) is 5.32 Å². The quantitative estimate of drug-likeness (QED) is 0.687. The van der Waals surface area contributed by atoms with Crippen LogP contribution >= 0.6 is 11.6 Å². The van der Waals surface area contributed by atoms with Gasteiger partial charge >= 0.3 is 0 Å². The average molecular weight is 453 g/mol. The van der Waals surface area contributed by atoms with Crippen molar-refractivity contribution in [1.82, 2.24) is 5.32 Å². The first-order valence-corrected chi connectivity index (χ1v) is 11.4. The third kappa shape index (κ3) is 3.80. The van der Waals surface area contributed by atoms with Crippen molar-refractivity contribution in [2.75, 3.05) is 11.4 Å². The Morgan fingerprint density at radius 2 is 1.93 bits per heavy atom. The topological polar surface area (TPSA) is 104 Å². The van der Waals surface area contributed by atoms with Gasteiger partial charge in [0.2, 0.25) is 5.60 Å². The maximum Gasteiger partial charge on any atom is 0.268 e. The molecule has 1 fully saturated rings. The van der Waals surface area contributed by atoms with Crippen molar-refractivity contribution >= 4 is 38.9 Å². The van der Waals surface area contributed by atoms with E-state index in [4.69, 9.17) is 11.6 Å². The molecule has 0 saturated carbocycles. The van der Waals surface area contributed by atoms with Crippen molar-refractivity contribution < 1.29 is 27.5 Å². The fourth-order valence-electron chi connectivity index (χ4n) is 3.78. The monoisotopic (exact) mass is 452 g/mol. The van der Waals surface area contributed by atoms with Gasteiger partial charge in [-0.05, 0) is 47.0 Å². The Morgan fingerprint density at radius 3 is 2.67 bits per heavy atom. The first-order valence-electron chi connectivity index (χ1n) is 9.17. The van der Waals surface area contributed by atoms with E-state index in [1.165, 1.54) is 17.0 Å². The van der Waals surface area contributed by atoms with Crippen LogP contribution in [0.3, 0.4) is 0 Å². The Kier molecular flexibility index (Phi) is 5.08. The predicted molar refractivity (Wildman–Crippen MR) is 108 cm³/mol. The average Bonchev–Trinajstić information content (AvgIpc) is 3.13. The van der Waals surface area contributed by atoms with E-state index in [0.29, 0.717) is 22.4 Å². The highest BCUT2D eigenvalue weighted by atomic mass is 35.5. The lowest BCUT2D eigenvalue weighted by atomic mass is 10.0. The Morgan fingerprint density at radius 1 is 1.20 bits per heavy atom. The number of carbonyl (C=O) groups is 2. The van der Waals surface area contributed by atoms with E-state index in [1.54, 1.807) is 18.2 Å². The second-order valence-corrected chi connectivity index (χ2v) is 10.0. The van der Waals surface area contributed by atoms with Crippen molar-refractivity contribution in [3.63, 3.8) is 0 Å². The minimum absolute atomic E-state index is 0.0347. The van der Waals surface area contributed by atoms with Gasteiger partial charge in [0.25, 0.3) is 11.8 Å². The van der Waals surface area contributed by atoms with E-state index >= 15 is 0 Å². The molecule has 2 amide bonds. The predicted octanol–water partition coefficient (Wildman–Crippen LogP) is 1.69. The van der Waals surface area contributed by atoms with Crippen LogP contribution in [0.15, 0.2) is 36.4 Å². The first-order chi connectivity index (χ1) is 14.1. The number of nitrogens with zero attached hydrogens (tertiary/aromatic N) is 1. The lowest BCUT2D eigenvalue weighted by molar-refractivity contribution is -0.149. The maximum atomic E-state index is 13.4. The van der Waals surface area contributed by atoms with Crippen LogP contribution in [0.5, 0.6) is 0 Å². The SMILES string of the molecule is O=C(NCc1cc(F)cc(Cl)c1)C1(O)CCN(c2ccc3c(c2)CS(=O)(=O)C3)C1=O. The van der Waals surface area contributed by atoms with Gasteiger partial charge in [-0.2, -0.15) is 0 Å². The molecule has 10 heteroatoms. The van der Waals surface area contributed by atoms with Gasteiger partial charge < -0.3 is 15.3 Å². The lowest BCUT2D eigenvalue weighted by Crippen LogP contribution is -2.52. The highest BCUT2D eigenvalue weighted by molar-refractivity contribution is 7.90. The van der Waals surface area contributed by atoms with Crippen molar-refractivity contribution in [2.45, 2.75) is 30.1 Å². The molecule has 7 nitrogen and oxygen atoms in total. The molecule has 158 valence electrons. The van der Waals surface area contributed by atoms with Crippen LogP contribution in [-0.4, -0.2) is 37.5 Å². The molecule has 0 aromatic heterocycles. The van der Waals surface area contributed by atoms with E-state index < -0.39 is 33.1 Å². The van der Waals surface area contributed by atoms with Gasteiger partial charge in [-0.25, -0.2) is 12.8 Å². The number of fused-ring (bicyclic) bond motifs is 1. The number of rotatable bonds is 4. The number of amides is 2. The molecule has 1 atom stereocenters. The smallest absolute Gasteiger partial charge is 0.268 e. The van der Waals surface area contributed by atoms with E-state index in [1.807, 2.05) is 0 Å². The lowest BCUT2D eigenvalue weighted by Gasteiger charge is -2.22. The van der Waals surface area contributed by atoms with Crippen LogP contribution < -0.4 is 10.2 Å². The van der Waals surface area contributed by atoms with Gasteiger partial charge in [-0.1, -0.05) is 17.7 Å². The van der Waals surface area contributed by atoms with Gasteiger partial charge in [-0.15, -0.1) is 0 Å². The molecule has 2 aromatic rings. The zero-order valence-corrected chi connectivity index (χ0v) is 17.3. The Bertz CT molecular complexity index is 1150. The normalized spacial score (nSPS) is 22.2. The highest BCUT2D eigenvalue weighted by Crippen LogP contribution is 2.33. The molecular formula is C20H18ClFN2O5S. The van der Waals surface area contributed by atoms with Crippen LogP contribution in [0, 0.1) is 5.82 Å². The first kappa shape index (κ1) is 20.8. The van der Waals surface area contributed by atoms with Crippen LogP contribution in [0.4, 0.5) is 10.1 Å². The molecule has 0 radical (unpaired) electrons. The largest absolute Gasteiger partial charge is 0.372 e. The van der Waals surface area contributed by atoms with Crippen molar-refractivity contribution in [3.05, 3.63) is 63.9 Å². The van der Waals surface area contributed by atoms with Gasteiger partial charge in [0.15, 0.2) is 9.84 Å². The Balaban J connectivity index is 1.48. The third-order valence-corrected chi connectivity index (χ3v) is 7.02. The number of halogens is 2. The number of hydrogen-bond acceptors (Lipinski definition) is 5. The molecule has 0 aliphatic carbocycles. The molecule has 0 bridgehead atoms. The molecule has 2 aliphatic heterocycles. The molecule has 30 heavy (non-hydrogen) atoms. The maximum absolute atomic E-state index is 13.4. The number of anilines is 1. The van der Waals surface area contributed by atoms with Crippen LogP contribution in [-0.2, 0) is 37.5 Å². The Labute approximate surface area is 177 Å². The number of sulfone groups is 1. The second-order valence-electron chi connectivity index (χ2n) is 7.51. The van der Waals surface area contributed by atoms with E-state index in [0.717, 1.165) is 6.07 Å². The standard InChI is InChI=1S/C20H18ClFN2O5S/c21-15-5-12(6-16(22)8-15)9-23-18(25)20(27)3-4-24(19(20)26)17-2-1-13-10-30(28,29)11-14(13)7-17/h1-2,5-8,27H,3-4,9-11H2,(H,23,25). The second kappa shape index (κ2) is 7.33. The molecule has 2 N–H and O–H groups in total. The number of hydrogen-bond donors (Lipinski definition) is 2. The fraction of sp³-hybridized carbons (Fsp3) is 0.300. The molecule has 2 heterocycles. The molecular weight excluding hydrogens is 435 g/mol. The summed E-state index contributed by atoms with van der Waals surface area (Å²) in [6, 6.07) is 8.65. The zero-order chi connectivity index (χ0) is 21.7. The fourth-order valence-corrected chi connectivity index (χ4v) is 5.63. The van der Waals surface area contributed by atoms with E-state index in [-0.39, 0.29) is 36.0 Å². The number of benzene rings is 2. The van der Waals surface area contributed by atoms with Gasteiger partial charge in [0, 0.05) is 30.2 Å². The summed E-state index contributed by atoms with van der Waals surface area (Å²) in [6.07, 6.45) is -0.128. The summed E-state index contributed by atoms with van der Waals surface area (Å²) in [6.45, 7) is -0.0112. The summed E-state index contributed by atoms with van der Waals surface area (Å²) in [5, 5.41) is 13.3. The molecule has 1 saturated heterocycles. The highest BCUT2D eigenvalue weighted by Gasteiger charge is 2.51. The van der Waals surface area contributed by atoms with Gasteiger partial charge in [0.1, 0.15) is 5.82 Å². The van der Waals surface area contributed by atoms with Crippen LogP contribution in [0.25, 0.3) is 0 Å². The molecule has 0 spiro atoms. The third-order valence-electron chi connectivity index (χ3n) is 5.30. The summed E-state index contributed by atoms with van der Waals surface area (Å²) in [4.78, 5) is 26.7. The minimum Gasteiger partial charge on any atom is -0.372 e. The molecule has 1 unspecified atom stereocenters. The van der Waals surface area contributed by atoms with Crippen molar-refractivity contribution in [3.8, 4) is 0 Å². The van der Waals surface area contributed by atoms with Crippen LogP contribution in [0.1, 0.15) is 23.1 Å². The summed E-state index contributed by atoms with van der Waals surface area (Å²) in [5.41, 5.74) is -0.145. The Hall–Kier alpha value is -2.49. The summed E-state index contributed by atoms with van der Waals surface area (Å²) in [5.74, 6) is -2.38. The molecule has 2 aliphatic rings.